The van der Waals surface area contributed by atoms with Gasteiger partial charge in [0.05, 0.1) is 12.6 Å². The molecule has 132 valence electrons. The lowest BCUT2D eigenvalue weighted by Gasteiger charge is -2.58. The third-order valence-corrected chi connectivity index (χ3v) is 6.07. The summed E-state index contributed by atoms with van der Waals surface area (Å²) in [7, 11) is 0. The van der Waals surface area contributed by atoms with Crippen LogP contribution in [0.15, 0.2) is 24.3 Å². The second kappa shape index (κ2) is 7.30. The monoisotopic (exact) mass is 442 g/mol. The third-order valence-electron chi connectivity index (χ3n) is 5.40. The van der Waals surface area contributed by atoms with E-state index in [4.69, 9.17) is 4.74 Å². The first-order valence-electron chi connectivity index (χ1n) is 8.84. The molecule has 24 heavy (non-hydrogen) atoms. The SMILES string of the molecule is CCCN(CC(=O)Nc1cccc(I)c1)C1C2CCOC2C1(C)C. The largest absolute Gasteiger partial charge is 0.377 e. The fraction of sp³-hybridized carbons (Fsp3) is 0.632. The van der Waals surface area contributed by atoms with Gasteiger partial charge < -0.3 is 10.1 Å². The Labute approximate surface area is 158 Å². The number of carbonyl (C=O) groups is 1. The van der Waals surface area contributed by atoms with E-state index in [1.807, 2.05) is 24.3 Å². The van der Waals surface area contributed by atoms with Crippen LogP contribution in [-0.2, 0) is 9.53 Å². The van der Waals surface area contributed by atoms with E-state index < -0.39 is 0 Å². The van der Waals surface area contributed by atoms with Crippen LogP contribution in [0.5, 0.6) is 0 Å². The Morgan fingerprint density at radius 1 is 1.46 bits per heavy atom. The summed E-state index contributed by atoms with van der Waals surface area (Å²) >= 11 is 2.26. The number of halogens is 1. The van der Waals surface area contributed by atoms with Gasteiger partial charge >= 0.3 is 0 Å². The number of benzene rings is 1. The molecule has 3 rings (SSSR count). The number of hydrogen-bond acceptors (Lipinski definition) is 3. The molecule has 3 unspecified atom stereocenters. The number of carbonyl (C=O) groups excluding carboxylic acids is 1. The fourth-order valence-corrected chi connectivity index (χ4v) is 5.14. The van der Waals surface area contributed by atoms with Crippen LogP contribution in [0.25, 0.3) is 0 Å². The van der Waals surface area contributed by atoms with Crippen LogP contribution in [0.1, 0.15) is 33.6 Å². The van der Waals surface area contributed by atoms with E-state index in [2.05, 4.69) is 53.6 Å². The number of fused-ring (bicyclic) bond motifs is 1. The van der Waals surface area contributed by atoms with E-state index >= 15 is 0 Å². The zero-order valence-electron chi connectivity index (χ0n) is 14.7. The maximum Gasteiger partial charge on any atom is 0.238 e. The van der Waals surface area contributed by atoms with E-state index in [0.717, 1.165) is 35.3 Å². The molecule has 1 aliphatic carbocycles. The molecule has 0 spiro atoms. The van der Waals surface area contributed by atoms with Crippen molar-refractivity contribution in [2.75, 3.05) is 25.0 Å². The van der Waals surface area contributed by atoms with Gasteiger partial charge in [-0.05, 0) is 60.2 Å². The summed E-state index contributed by atoms with van der Waals surface area (Å²) in [5.41, 5.74) is 0.997. The quantitative estimate of drug-likeness (QED) is 0.683. The molecule has 4 nitrogen and oxygen atoms in total. The van der Waals surface area contributed by atoms with Crippen molar-refractivity contribution < 1.29 is 9.53 Å². The van der Waals surface area contributed by atoms with Gasteiger partial charge in [-0.2, -0.15) is 0 Å². The highest BCUT2D eigenvalue weighted by Gasteiger charge is 2.61. The molecule has 0 aromatic heterocycles. The van der Waals surface area contributed by atoms with Crippen LogP contribution in [0.2, 0.25) is 0 Å². The molecular weight excluding hydrogens is 415 g/mol. The van der Waals surface area contributed by atoms with Crippen LogP contribution in [-0.4, -0.2) is 42.6 Å². The van der Waals surface area contributed by atoms with Gasteiger partial charge in [0.15, 0.2) is 0 Å². The van der Waals surface area contributed by atoms with E-state index in [-0.39, 0.29) is 11.3 Å². The molecule has 3 atom stereocenters. The molecule has 5 heteroatoms. The summed E-state index contributed by atoms with van der Waals surface area (Å²) in [6, 6.07) is 8.37. The normalized spacial score (nSPS) is 27.6. The summed E-state index contributed by atoms with van der Waals surface area (Å²) < 4.78 is 7.04. The minimum absolute atomic E-state index is 0.0728. The second-order valence-electron chi connectivity index (χ2n) is 7.54. The second-order valence-corrected chi connectivity index (χ2v) is 8.78. The van der Waals surface area contributed by atoms with Crippen LogP contribution < -0.4 is 5.32 Å². The Morgan fingerprint density at radius 3 is 2.96 bits per heavy atom. The molecule has 1 aromatic rings. The van der Waals surface area contributed by atoms with Crippen molar-refractivity contribution in [3.05, 3.63) is 27.8 Å². The van der Waals surface area contributed by atoms with E-state index in [1.54, 1.807) is 0 Å². The van der Waals surface area contributed by atoms with Crippen molar-refractivity contribution >= 4 is 34.2 Å². The average Bonchev–Trinajstić information content (AvgIpc) is 2.93. The number of anilines is 1. The van der Waals surface area contributed by atoms with Crippen molar-refractivity contribution in [1.82, 2.24) is 4.90 Å². The molecule has 1 saturated carbocycles. The van der Waals surface area contributed by atoms with Gasteiger partial charge in [0.1, 0.15) is 0 Å². The summed E-state index contributed by atoms with van der Waals surface area (Å²) in [5, 5.41) is 3.05. The molecule has 1 aliphatic heterocycles. The molecule has 1 amide bonds. The van der Waals surface area contributed by atoms with Gasteiger partial charge in [-0.1, -0.05) is 26.8 Å². The standard InChI is InChI=1S/C19H27IN2O2/c1-4-9-22(17-15-8-10-24-18(15)19(17,2)3)12-16(23)21-14-7-5-6-13(20)11-14/h5-7,11,15,17-18H,4,8-10,12H2,1-3H3,(H,21,23). The number of nitrogens with zero attached hydrogens (tertiary/aromatic N) is 1. The zero-order valence-corrected chi connectivity index (χ0v) is 16.9. The predicted octanol–water partition coefficient (Wildman–Crippen LogP) is 3.76. The smallest absolute Gasteiger partial charge is 0.238 e. The van der Waals surface area contributed by atoms with E-state index in [9.17, 15) is 4.79 Å². The Balaban J connectivity index is 1.67. The maximum atomic E-state index is 12.6. The third kappa shape index (κ3) is 3.48. The molecule has 0 bridgehead atoms. The molecule has 1 heterocycles. The number of hydrogen-bond donors (Lipinski definition) is 1. The van der Waals surface area contributed by atoms with Gasteiger partial charge in [-0.3, -0.25) is 9.69 Å². The summed E-state index contributed by atoms with van der Waals surface area (Å²) in [6.07, 6.45) is 2.54. The first kappa shape index (κ1) is 18.1. The highest BCUT2D eigenvalue weighted by atomic mass is 127. The van der Waals surface area contributed by atoms with Crippen LogP contribution in [0, 0.1) is 14.9 Å². The molecule has 2 fully saturated rings. The van der Waals surface area contributed by atoms with Gasteiger partial charge in [-0.25, -0.2) is 0 Å². The topological polar surface area (TPSA) is 41.6 Å². The highest BCUT2D eigenvalue weighted by Crippen LogP contribution is 2.54. The Hall–Kier alpha value is -0.660. The van der Waals surface area contributed by atoms with Crippen LogP contribution in [0.3, 0.4) is 0 Å². The van der Waals surface area contributed by atoms with Crippen LogP contribution in [0.4, 0.5) is 5.69 Å². The molecule has 2 aliphatic rings. The summed E-state index contributed by atoms with van der Waals surface area (Å²) in [6.45, 7) is 9.02. The van der Waals surface area contributed by atoms with E-state index in [1.165, 1.54) is 0 Å². The molecule has 0 radical (unpaired) electrons. The minimum Gasteiger partial charge on any atom is -0.377 e. The first-order chi connectivity index (χ1) is 11.4. The first-order valence-corrected chi connectivity index (χ1v) is 9.92. The predicted molar refractivity (Wildman–Crippen MR) is 105 cm³/mol. The zero-order chi connectivity index (χ0) is 17.3. The molecule has 1 aromatic carbocycles. The number of nitrogens with one attached hydrogen (secondary N) is 1. The summed E-state index contributed by atoms with van der Waals surface area (Å²) in [5.74, 6) is 0.653. The maximum absolute atomic E-state index is 12.6. The number of rotatable bonds is 6. The van der Waals surface area contributed by atoms with Gasteiger partial charge in [-0.15, -0.1) is 0 Å². The number of ether oxygens (including phenoxy) is 1. The van der Waals surface area contributed by atoms with Crippen molar-refractivity contribution in [2.24, 2.45) is 11.3 Å². The van der Waals surface area contributed by atoms with Gasteiger partial charge in [0.2, 0.25) is 5.91 Å². The Bertz CT molecular complexity index is 605. The highest BCUT2D eigenvalue weighted by molar-refractivity contribution is 14.1. The van der Waals surface area contributed by atoms with Crippen molar-refractivity contribution in [3.63, 3.8) is 0 Å². The van der Waals surface area contributed by atoms with Gasteiger partial charge in [0.25, 0.3) is 0 Å². The number of amides is 1. The Kier molecular flexibility index (Phi) is 5.52. The van der Waals surface area contributed by atoms with Crippen molar-refractivity contribution in [2.45, 2.75) is 45.8 Å². The molecule has 1 N–H and O–H groups in total. The average molecular weight is 442 g/mol. The Morgan fingerprint density at radius 2 is 2.25 bits per heavy atom. The van der Waals surface area contributed by atoms with Crippen LogP contribution >= 0.6 is 22.6 Å². The van der Waals surface area contributed by atoms with E-state index in [0.29, 0.717) is 24.6 Å². The lowest BCUT2D eigenvalue weighted by atomic mass is 9.56. The minimum atomic E-state index is 0.0728. The summed E-state index contributed by atoms with van der Waals surface area (Å²) in [4.78, 5) is 14.9. The fourth-order valence-electron chi connectivity index (χ4n) is 4.59. The van der Waals surface area contributed by atoms with Gasteiger partial charge in [0, 0.05) is 33.2 Å². The van der Waals surface area contributed by atoms with Crippen molar-refractivity contribution in [1.29, 1.82) is 0 Å². The van der Waals surface area contributed by atoms with Crippen molar-refractivity contribution in [3.8, 4) is 0 Å². The molecular formula is C19H27IN2O2. The molecule has 1 saturated heterocycles. The lowest BCUT2D eigenvalue weighted by Crippen LogP contribution is -2.67. The lowest BCUT2D eigenvalue weighted by molar-refractivity contribution is -0.158.